The van der Waals surface area contributed by atoms with Crippen molar-refractivity contribution in [3.63, 3.8) is 0 Å². The van der Waals surface area contributed by atoms with E-state index in [4.69, 9.17) is 16.3 Å². The van der Waals surface area contributed by atoms with Crippen LogP contribution in [0.1, 0.15) is 19.3 Å². The van der Waals surface area contributed by atoms with Crippen molar-refractivity contribution in [3.8, 4) is 0 Å². The van der Waals surface area contributed by atoms with Crippen LogP contribution in [-0.4, -0.2) is 57.8 Å². The molecule has 1 aromatic heterocycles. The minimum Gasteiger partial charge on any atom is -0.441 e. The molecule has 2 aromatic carbocycles. The summed E-state index contributed by atoms with van der Waals surface area (Å²) < 4.78 is 9.02. The molecule has 9 nitrogen and oxygen atoms in total. The first kappa shape index (κ1) is 23.4. The zero-order chi connectivity index (χ0) is 24.7. The zero-order valence-corrected chi connectivity index (χ0v) is 20.5. The summed E-state index contributed by atoms with van der Waals surface area (Å²) in [5.41, 5.74) is 2.34. The summed E-state index contributed by atoms with van der Waals surface area (Å²) in [5.74, 6) is -0.118. The third-order valence-electron chi connectivity index (χ3n) is 7.02. The fourth-order valence-electron chi connectivity index (χ4n) is 5.07. The first-order valence-corrected chi connectivity index (χ1v) is 12.1. The van der Waals surface area contributed by atoms with Gasteiger partial charge in [0, 0.05) is 43.5 Å². The highest BCUT2D eigenvalue weighted by Gasteiger charge is 2.46. The highest BCUT2D eigenvalue weighted by molar-refractivity contribution is 6.30. The van der Waals surface area contributed by atoms with E-state index in [2.05, 4.69) is 10.2 Å². The molecule has 10 heteroatoms. The summed E-state index contributed by atoms with van der Waals surface area (Å²) in [4.78, 5) is 41.3. The van der Waals surface area contributed by atoms with Gasteiger partial charge < -0.3 is 10.1 Å². The van der Waals surface area contributed by atoms with Gasteiger partial charge in [0.25, 0.3) is 0 Å². The van der Waals surface area contributed by atoms with E-state index in [0.29, 0.717) is 30.2 Å². The van der Waals surface area contributed by atoms with Gasteiger partial charge in [0.15, 0.2) is 0 Å². The number of ether oxygens (including phenoxy) is 1. The van der Waals surface area contributed by atoms with Gasteiger partial charge in [0.05, 0.1) is 24.1 Å². The van der Waals surface area contributed by atoms with Crippen LogP contribution < -0.4 is 15.9 Å². The Morgan fingerprint density at radius 1 is 1.03 bits per heavy atom. The Labute approximate surface area is 207 Å². The van der Waals surface area contributed by atoms with Gasteiger partial charge in [-0.25, -0.2) is 9.59 Å². The van der Waals surface area contributed by atoms with Crippen molar-refractivity contribution < 1.29 is 14.3 Å². The number of rotatable bonds is 4. The lowest BCUT2D eigenvalue weighted by atomic mass is 9.95. The van der Waals surface area contributed by atoms with Crippen LogP contribution in [0.4, 0.5) is 16.2 Å². The Kier molecular flexibility index (Phi) is 6.06. The molecule has 2 aliphatic heterocycles. The molecule has 0 radical (unpaired) electrons. The van der Waals surface area contributed by atoms with Crippen molar-refractivity contribution in [2.24, 2.45) is 14.1 Å². The van der Waals surface area contributed by atoms with Gasteiger partial charge in [-0.05, 0) is 61.9 Å². The van der Waals surface area contributed by atoms with Crippen LogP contribution >= 0.6 is 11.6 Å². The highest BCUT2D eigenvalue weighted by Crippen LogP contribution is 2.36. The average molecular weight is 498 g/mol. The van der Waals surface area contributed by atoms with Gasteiger partial charge in [-0.1, -0.05) is 11.6 Å². The second-order valence-corrected chi connectivity index (χ2v) is 9.83. The fraction of sp³-hybridized carbons (Fsp3) is 0.400. The number of nitrogens with zero attached hydrogens (tertiary/aromatic N) is 4. The van der Waals surface area contributed by atoms with Gasteiger partial charge in [-0.2, -0.15) is 0 Å². The standard InChI is InChI=1S/C25H28ClN5O4/c1-28-20-9-6-18(14-21(20)29(2)23(28)33)27-22(32)15-30-12-3-10-25(11-13-30)16-31(24(34)35-25)19-7-4-17(26)5-8-19/h4-9,14H,3,10-13,15-16H2,1-2H3,(H,27,32). The Hall–Kier alpha value is -3.30. The van der Waals surface area contributed by atoms with E-state index in [1.165, 1.54) is 0 Å². The number of carbonyl (C=O) groups excluding carboxylic acids is 2. The van der Waals surface area contributed by atoms with Crippen LogP contribution in [0.2, 0.25) is 5.02 Å². The topological polar surface area (TPSA) is 88.8 Å². The van der Waals surface area contributed by atoms with E-state index >= 15 is 0 Å². The van der Waals surface area contributed by atoms with Crippen molar-refractivity contribution in [3.05, 3.63) is 58.0 Å². The maximum absolute atomic E-state index is 12.8. The number of fused-ring (bicyclic) bond motifs is 1. The van der Waals surface area contributed by atoms with Crippen molar-refractivity contribution in [1.82, 2.24) is 14.0 Å². The normalized spacial score (nSPS) is 20.9. The molecular formula is C25H28ClN5O4. The molecule has 2 amide bonds. The molecule has 0 aliphatic carbocycles. The molecule has 2 saturated heterocycles. The van der Waals surface area contributed by atoms with Crippen molar-refractivity contribution in [1.29, 1.82) is 0 Å². The summed E-state index contributed by atoms with van der Waals surface area (Å²) in [6.07, 6.45) is 1.89. The highest BCUT2D eigenvalue weighted by atomic mass is 35.5. The Bertz CT molecular complexity index is 1350. The third-order valence-corrected chi connectivity index (χ3v) is 7.27. The first-order chi connectivity index (χ1) is 16.7. The number of halogens is 1. The summed E-state index contributed by atoms with van der Waals surface area (Å²) >= 11 is 5.98. The van der Waals surface area contributed by atoms with E-state index < -0.39 is 5.60 Å². The van der Waals surface area contributed by atoms with E-state index in [1.54, 1.807) is 46.3 Å². The van der Waals surface area contributed by atoms with Gasteiger partial charge in [0.2, 0.25) is 5.91 Å². The van der Waals surface area contributed by atoms with Crippen LogP contribution in [0.3, 0.4) is 0 Å². The number of nitrogens with one attached hydrogen (secondary N) is 1. The minimum atomic E-state index is -0.551. The number of imidazole rings is 1. The molecule has 0 saturated carbocycles. The second kappa shape index (κ2) is 9.05. The van der Waals surface area contributed by atoms with Crippen LogP contribution in [0, 0.1) is 0 Å². The van der Waals surface area contributed by atoms with E-state index in [-0.39, 0.29) is 24.2 Å². The molecule has 1 unspecified atom stereocenters. The average Bonchev–Trinajstić information content (AvgIpc) is 3.17. The van der Waals surface area contributed by atoms with Crippen LogP contribution in [0.5, 0.6) is 0 Å². The SMILES string of the molecule is Cn1c(=O)n(C)c2cc(NC(=O)CN3CCCC4(CC3)CN(c3ccc(Cl)cc3)C(=O)O4)ccc21. The number of amides is 2. The summed E-state index contributed by atoms with van der Waals surface area (Å²) in [5, 5.41) is 3.57. The number of benzene rings is 2. The van der Waals surface area contributed by atoms with Gasteiger partial charge >= 0.3 is 11.8 Å². The number of carbonyl (C=O) groups is 2. The summed E-state index contributed by atoms with van der Waals surface area (Å²) in [6.45, 7) is 2.14. The maximum Gasteiger partial charge on any atom is 0.415 e. The number of hydrogen-bond acceptors (Lipinski definition) is 5. The number of likely N-dealkylation sites (tertiary alicyclic amines) is 1. The molecule has 1 spiro atoms. The predicted molar refractivity (Wildman–Crippen MR) is 135 cm³/mol. The lowest BCUT2D eigenvalue weighted by molar-refractivity contribution is -0.117. The van der Waals surface area contributed by atoms with E-state index in [1.807, 2.05) is 24.3 Å². The first-order valence-electron chi connectivity index (χ1n) is 11.7. The maximum atomic E-state index is 12.8. The molecule has 184 valence electrons. The fourth-order valence-corrected chi connectivity index (χ4v) is 5.20. The predicted octanol–water partition coefficient (Wildman–Crippen LogP) is 3.35. The quantitative estimate of drug-likeness (QED) is 0.597. The van der Waals surface area contributed by atoms with Crippen LogP contribution in [-0.2, 0) is 23.6 Å². The van der Waals surface area contributed by atoms with Gasteiger partial charge in [0.1, 0.15) is 5.60 Å². The molecule has 2 aliphatic rings. The third kappa shape index (κ3) is 4.53. The van der Waals surface area contributed by atoms with Crippen LogP contribution in [0.15, 0.2) is 47.3 Å². The molecule has 3 aromatic rings. The minimum absolute atomic E-state index is 0.107. The lowest BCUT2D eigenvalue weighted by Crippen LogP contribution is -2.37. The van der Waals surface area contributed by atoms with Gasteiger partial charge in [-0.15, -0.1) is 0 Å². The molecule has 2 fully saturated rings. The zero-order valence-electron chi connectivity index (χ0n) is 19.8. The molecule has 0 bridgehead atoms. The molecular weight excluding hydrogens is 470 g/mol. The Balaban J connectivity index is 1.21. The number of aromatic nitrogens is 2. The number of hydrogen-bond donors (Lipinski definition) is 1. The second-order valence-electron chi connectivity index (χ2n) is 9.40. The molecule has 1 N–H and O–H groups in total. The summed E-state index contributed by atoms with van der Waals surface area (Å²) in [7, 11) is 3.44. The smallest absolute Gasteiger partial charge is 0.415 e. The molecule has 3 heterocycles. The number of aryl methyl sites for hydroxylation is 2. The largest absolute Gasteiger partial charge is 0.441 e. The Morgan fingerprint density at radius 3 is 2.54 bits per heavy atom. The molecule has 5 rings (SSSR count). The number of anilines is 2. The molecule has 35 heavy (non-hydrogen) atoms. The van der Waals surface area contributed by atoms with Crippen LogP contribution in [0.25, 0.3) is 11.0 Å². The van der Waals surface area contributed by atoms with E-state index in [0.717, 1.165) is 36.1 Å². The Morgan fingerprint density at radius 2 is 1.77 bits per heavy atom. The van der Waals surface area contributed by atoms with Crippen molar-refractivity contribution in [2.75, 3.05) is 36.4 Å². The monoisotopic (exact) mass is 497 g/mol. The summed E-state index contributed by atoms with van der Waals surface area (Å²) in [6, 6.07) is 12.6. The van der Waals surface area contributed by atoms with Crippen molar-refractivity contribution in [2.45, 2.75) is 24.9 Å². The van der Waals surface area contributed by atoms with Crippen molar-refractivity contribution >= 4 is 46.0 Å². The lowest BCUT2D eigenvalue weighted by Gasteiger charge is -2.25. The van der Waals surface area contributed by atoms with E-state index in [9.17, 15) is 14.4 Å². The molecule has 1 atom stereocenters. The van der Waals surface area contributed by atoms with Gasteiger partial charge in [-0.3, -0.25) is 23.7 Å².